The Morgan fingerprint density at radius 1 is 0.909 bits per heavy atom. The second-order valence-corrected chi connectivity index (χ2v) is 8.31. The largest absolute Gasteiger partial charge is 0.481 e. The van der Waals surface area contributed by atoms with E-state index in [9.17, 15) is 4.79 Å². The molecule has 0 aliphatic carbocycles. The summed E-state index contributed by atoms with van der Waals surface area (Å²) in [4.78, 5) is 19.5. The van der Waals surface area contributed by atoms with Crippen molar-refractivity contribution in [3.05, 3.63) is 102 Å². The van der Waals surface area contributed by atoms with Gasteiger partial charge in [-0.15, -0.1) is 0 Å². The molecular weight excluding hydrogens is 410 g/mol. The summed E-state index contributed by atoms with van der Waals surface area (Å²) in [7, 11) is 0. The number of hydrogen-bond donors (Lipinski definition) is 1. The van der Waals surface area contributed by atoms with Gasteiger partial charge in [-0.2, -0.15) is 0 Å². The summed E-state index contributed by atoms with van der Waals surface area (Å²) >= 11 is 0. The highest BCUT2D eigenvalue weighted by Gasteiger charge is 2.18. The monoisotopic (exact) mass is 437 g/mol. The van der Waals surface area contributed by atoms with E-state index in [1.54, 1.807) is 0 Å². The summed E-state index contributed by atoms with van der Waals surface area (Å²) in [5.41, 5.74) is 4.75. The van der Waals surface area contributed by atoms with Crippen LogP contribution in [0.2, 0.25) is 0 Å². The quantitative estimate of drug-likeness (QED) is 0.461. The van der Waals surface area contributed by atoms with E-state index in [0.29, 0.717) is 12.3 Å². The fourth-order valence-corrected chi connectivity index (χ4v) is 4.28. The van der Waals surface area contributed by atoms with Crippen molar-refractivity contribution < 1.29 is 9.53 Å². The van der Waals surface area contributed by atoms with E-state index in [-0.39, 0.29) is 12.5 Å². The first-order valence-corrected chi connectivity index (χ1v) is 11.4. The zero-order valence-corrected chi connectivity index (χ0v) is 18.5. The maximum absolute atomic E-state index is 12.3. The summed E-state index contributed by atoms with van der Waals surface area (Å²) < 4.78 is 5.89. The molecule has 0 spiro atoms. The molecule has 0 unspecified atom stereocenters. The minimum atomic E-state index is -0.133. The number of nitrogens with one attached hydrogen (secondary N) is 1. The zero-order chi connectivity index (χ0) is 22.5. The van der Waals surface area contributed by atoms with E-state index in [0.717, 1.165) is 42.7 Å². The van der Waals surface area contributed by atoms with Crippen LogP contribution in [0.15, 0.2) is 84.9 Å². The van der Waals surface area contributed by atoms with Crippen LogP contribution in [0, 0.1) is 0 Å². The molecule has 2 heterocycles. The second-order valence-electron chi connectivity index (χ2n) is 8.31. The predicted molar refractivity (Wildman–Crippen MR) is 132 cm³/mol. The SMILES string of the molecule is O=C(COc1cccc2ccc(N3CCc4ccccc4C3)nc12)NCCc1ccccc1. The van der Waals surface area contributed by atoms with Crippen molar-refractivity contribution in [2.45, 2.75) is 19.4 Å². The standard InChI is InChI=1S/C28H27N3O2/c32-27(29-17-15-21-7-2-1-3-8-21)20-33-25-12-6-11-23-13-14-26(30-28(23)25)31-18-16-22-9-4-5-10-24(22)19-31/h1-14H,15-20H2,(H,29,32). The van der Waals surface area contributed by atoms with E-state index < -0.39 is 0 Å². The smallest absolute Gasteiger partial charge is 0.257 e. The van der Waals surface area contributed by atoms with Crippen molar-refractivity contribution in [1.82, 2.24) is 10.3 Å². The number of hydrogen-bond acceptors (Lipinski definition) is 4. The lowest BCUT2D eigenvalue weighted by molar-refractivity contribution is -0.123. The highest BCUT2D eigenvalue weighted by Crippen LogP contribution is 2.29. The molecule has 0 saturated carbocycles. The van der Waals surface area contributed by atoms with Crippen LogP contribution < -0.4 is 15.0 Å². The molecule has 1 aliphatic heterocycles. The van der Waals surface area contributed by atoms with Crippen molar-refractivity contribution in [2.75, 3.05) is 24.6 Å². The number of para-hydroxylation sites is 1. The fourth-order valence-electron chi connectivity index (χ4n) is 4.28. The highest BCUT2D eigenvalue weighted by molar-refractivity contribution is 5.86. The van der Waals surface area contributed by atoms with Crippen LogP contribution in [0.25, 0.3) is 10.9 Å². The van der Waals surface area contributed by atoms with Gasteiger partial charge in [0, 0.05) is 25.0 Å². The summed E-state index contributed by atoms with van der Waals surface area (Å²) in [6.07, 6.45) is 1.81. The van der Waals surface area contributed by atoms with Crippen LogP contribution >= 0.6 is 0 Å². The summed E-state index contributed by atoms with van der Waals surface area (Å²) in [6.45, 7) is 2.33. The van der Waals surface area contributed by atoms with Gasteiger partial charge in [0.25, 0.3) is 5.91 Å². The number of carbonyl (C=O) groups excluding carboxylic acids is 1. The molecule has 3 aromatic carbocycles. The Hall–Kier alpha value is -3.86. The first-order chi connectivity index (χ1) is 16.3. The van der Waals surface area contributed by atoms with Crippen LogP contribution in [0.1, 0.15) is 16.7 Å². The van der Waals surface area contributed by atoms with Gasteiger partial charge >= 0.3 is 0 Å². The summed E-state index contributed by atoms with van der Waals surface area (Å²) in [6, 6.07) is 28.7. The topological polar surface area (TPSA) is 54.5 Å². The molecule has 1 aromatic heterocycles. The molecule has 166 valence electrons. The number of fused-ring (bicyclic) bond motifs is 2. The first kappa shape index (κ1) is 21.0. The van der Waals surface area contributed by atoms with E-state index in [2.05, 4.69) is 58.7 Å². The molecule has 0 saturated heterocycles. The van der Waals surface area contributed by atoms with Gasteiger partial charge in [-0.1, -0.05) is 66.7 Å². The van der Waals surface area contributed by atoms with E-state index in [1.807, 2.05) is 36.4 Å². The number of benzene rings is 3. The Bertz CT molecular complexity index is 1260. The minimum Gasteiger partial charge on any atom is -0.481 e. The number of nitrogens with zero attached hydrogens (tertiary/aromatic N) is 2. The first-order valence-electron chi connectivity index (χ1n) is 11.4. The van der Waals surface area contributed by atoms with E-state index in [4.69, 9.17) is 9.72 Å². The number of carbonyl (C=O) groups is 1. The van der Waals surface area contributed by atoms with E-state index >= 15 is 0 Å². The van der Waals surface area contributed by atoms with Gasteiger partial charge in [0.2, 0.25) is 0 Å². The molecule has 0 fully saturated rings. The lowest BCUT2D eigenvalue weighted by atomic mass is 10.00. The third-order valence-corrected chi connectivity index (χ3v) is 6.06. The molecule has 5 nitrogen and oxygen atoms in total. The summed E-state index contributed by atoms with van der Waals surface area (Å²) in [5.74, 6) is 1.43. The van der Waals surface area contributed by atoms with Crippen molar-refractivity contribution >= 4 is 22.6 Å². The number of pyridine rings is 1. The van der Waals surface area contributed by atoms with Crippen LogP contribution in [-0.4, -0.2) is 30.6 Å². The van der Waals surface area contributed by atoms with Gasteiger partial charge in [0.1, 0.15) is 17.1 Å². The van der Waals surface area contributed by atoms with Crippen LogP contribution in [-0.2, 0) is 24.2 Å². The molecule has 5 heteroatoms. The van der Waals surface area contributed by atoms with Gasteiger partial charge in [-0.05, 0) is 47.7 Å². The third-order valence-electron chi connectivity index (χ3n) is 6.06. The Kier molecular flexibility index (Phi) is 6.20. The lowest BCUT2D eigenvalue weighted by Crippen LogP contribution is -2.31. The van der Waals surface area contributed by atoms with Crippen molar-refractivity contribution in [2.24, 2.45) is 0 Å². The highest BCUT2D eigenvalue weighted by atomic mass is 16.5. The van der Waals surface area contributed by atoms with Gasteiger partial charge in [-0.25, -0.2) is 4.98 Å². The molecule has 0 bridgehead atoms. The molecule has 4 aromatic rings. The van der Waals surface area contributed by atoms with Crippen molar-refractivity contribution in [1.29, 1.82) is 0 Å². The Balaban J connectivity index is 1.24. The predicted octanol–water partition coefficient (Wildman–Crippen LogP) is 4.54. The molecule has 33 heavy (non-hydrogen) atoms. The van der Waals surface area contributed by atoms with Gasteiger partial charge in [-0.3, -0.25) is 4.79 Å². The Morgan fingerprint density at radius 2 is 1.73 bits per heavy atom. The number of amides is 1. The van der Waals surface area contributed by atoms with Gasteiger partial charge < -0.3 is 15.0 Å². The van der Waals surface area contributed by atoms with E-state index in [1.165, 1.54) is 16.7 Å². The van der Waals surface area contributed by atoms with Crippen LogP contribution in [0.4, 0.5) is 5.82 Å². The number of aromatic nitrogens is 1. The molecule has 0 radical (unpaired) electrons. The normalized spacial score (nSPS) is 12.9. The van der Waals surface area contributed by atoms with Crippen molar-refractivity contribution in [3.63, 3.8) is 0 Å². The molecular formula is C28H27N3O2. The average Bonchev–Trinajstić information content (AvgIpc) is 2.87. The lowest BCUT2D eigenvalue weighted by Gasteiger charge is -2.30. The molecule has 5 rings (SSSR count). The third kappa shape index (κ3) is 4.98. The maximum Gasteiger partial charge on any atom is 0.257 e. The number of rotatable bonds is 7. The van der Waals surface area contributed by atoms with Crippen molar-refractivity contribution in [3.8, 4) is 5.75 Å². The minimum absolute atomic E-state index is 0.0309. The second kappa shape index (κ2) is 9.74. The summed E-state index contributed by atoms with van der Waals surface area (Å²) in [5, 5.41) is 3.93. The van der Waals surface area contributed by atoms with Gasteiger partial charge in [0.15, 0.2) is 6.61 Å². The average molecular weight is 438 g/mol. The molecule has 1 amide bonds. The molecule has 1 N–H and O–H groups in total. The Morgan fingerprint density at radius 3 is 2.61 bits per heavy atom. The van der Waals surface area contributed by atoms with Gasteiger partial charge in [0.05, 0.1) is 0 Å². The zero-order valence-electron chi connectivity index (χ0n) is 18.5. The maximum atomic E-state index is 12.3. The van der Waals surface area contributed by atoms with Crippen LogP contribution in [0.5, 0.6) is 5.75 Å². The number of ether oxygens (including phenoxy) is 1. The fraction of sp³-hybridized carbons (Fsp3) is 0.214. The molecule has 0 atom stereocenters. The van der Waals surface area contributed by atoms with Crippen LogP contribution in [0.3, 0.4) is 0 Å². The Labute approximate surface area is 194 Å². The molecule has 1 aliphatic rings. The number of anilines is 1.